The number of ether oxygens (including phenoxy) is 1. The van der Waals surface area contributed by atoms with E-state index in [4.69, 9.17) is 4.74 Å². The van der Waals surface area contributed by atoms with Gasteiger partial charge in [-0.1, -0.05) is 32.1 Å². The van der Waals surface area contributed by atoms with E-state index in [2.05, 4.69) is 20.5 Å². The fourth-order valence-electron chi connectivity index (χ4n) is 2.40. The van der Waals surface area contributed by atoms with Crippen LogP contribution in [-0.2, 0) is 4.79 Å². The average Bonchev–Trinajstić information content (AvgIpc) is 2.85. The van der Waals surface area contributed by atoms with Crippen LogP contribution < -0.4 is 10.1 Å². The van der Waals surface area contributed by atoms with Crippen LogP contribution in [0.25, 0.3) is 0 Å². The molecule has 1 saturated carbocycles. The molecule has 6 nitrogen and oxygen atoms in total. The summed E-state index contributed by atoms with van der Waals surface area (Å²) in [5, 5.41) is 9.06. The molecule has 0 saturated heterocycles. The SMILES string of the molecule is COc1n[nH]c(NC(=O)CCC2CCCCC2)n1. The number of anilines is 1. The number of hydrogen-bond donors (Lipinski definition) is 2. The summed E-state index contributed by atoms with van der Waals surface area (Å²) in [4.78, 5) is 15.7. The van der Waals surface area contributed by atoms with Crippen LogP contribution in [0.3, 0.4) is 0 Å². The number of nitrogens with zero attached hydrogens (tertiary/aromatic N) is 2. The van der Waals surface area contributed by atoms with E-state index in [1.807, 2.05) is 0 Å². The van der Waals surface area contributed by atoms with Gasteiger partial charge in [-0.15, -0.1) is 5.10 Å². The van der Waals surface area contributed by atoms with Crippen molar-refractivity contribution >= 4 is 11.9 Å². The van der Waals surface area contributed by atoms with Gasteiger partial charge in [0.2, 0.25) is 11.9 Å². The molecule has 0 radical (unpaired) electrons. The Morgan fingerprint density at radius 1 is 1.44 bits per heavy atom. The molecule has 0 aliphatic heterocycles. The minimum Gasteiger partial charge on any atom is -0.466 e. The van der Waals surface area contributed by atoms with Crippen molar-refractivity contribution in [3.63, 3.8) is 0 Å². The standard InChI is InChI=1S/C12H20N4O2/c1-18-12-14-11(15-16-12)13-10(17)8-7-9-5-3-2-4-6-9/h9H,2-8H2,1H3,(H2,13,14,15,16,17). The minimum absolute atomic E-state index is 0.0145. The Morgan fingerprint density at radius 3 is 2.89 bits per heavy atom. The predicted molar refractivity (Wildman–Crippen MR) is 67.4 cm³/mol. The van der Waals surface area contributed by atoms with Gasteiger partial charge in [-0.2, -0.15) is 4.98 Å². The number of H-pyrrole nitrogens is 1. The third-order valence-electron chi connectivity index (χ3n) is 3.41. The summed E-state index contributed by atoms with van der Waals surface area (Å²) in [6.07, 6.45) is 8.02. The summed E-state index contributed by atoms with van der Waals surface area (Å²) < 4.78 is 4.83. The van der Waals surface area contributed by atoms with E-state index < -0.39 is 0 Å². The van der Waals surface area contributed by atoms with Crippen molar-refractivity contribution in [2.75, 3.05) is 12.4 Å². The quantitative estimate of drug-likeness (QED) is 0.841. The molecule has 2 N–H and O–H groups in total. The fraction of sp³-hybridized carbons (Fsp3) is 0.750. The first-order chi connectivity index (χ1) is 8.78. The first-order valence-electron chi connectivity index (χ1n) is 6.54. The Hall–Kier alpha value is -1.59. The summed E-state index contributed by atoms with van der Waals surface area (Å²) >= 11 is 0. The van der Waals surface area contributed by atoms with E-state index in [-0.39, 0.29) is 11.9 Å². The van der Waals surface area contributed by atoms with Crippen molar-refractivity contribution in [3.8, 4) is 6.01 Å². The van der Waals surface area contributed by atoms with E-state index in [0.29, 0.717) is 18.3 Å². The molecule has 1 aromatic heterocycles. The molecule has 18 heavy (non-hydrogen) atoms. The number of aromatic amines is 1. The number of nitrogens with one attached hydrogen (secondary N) is 2. The average molecular weight is 252 g/mol. The lowest BCUT2D eigenvalue weighted by atomic mass is 9.86. The van der Waals surface area contributed by atoms with Crippen LogP contribution in [0, 0.1) is 5.92 Å². The van der Waals surface area contributed by atoms with Crippen LogP contribution in [0.5, 0.6) is 6.01 Å². The molecule has 1 heterocycles. The van der Waals surface area contributed by atoms with Gasteiger partial charge in [-0.05, 0) is 12.3 Å². The molecular weight excluding hydrogens is 232 g/mol. The smallest absolute Gasteiger partial charge is 0.336 e. The molecule has 0 spiro atoms. The van der Waals surface area contributed by atoms with Crippen LogP contribution in [0.2, 0.25) is 0 Å². The Balaban J connectivity index is 1.71. The number of hydrogen-bond acceptors (Lipinski definition) is 4. The number of amides is 1. The second kappa shape index (κ2) is 6.37. The summed E-state index contributed by atoms with van der Waals surface area (Å²) in [6, 6.07) is 0.234. The molecular formula is C12H20N4O2. The van der Waals surface area contributed by atoms with Gasteiger partial charge in [-0.3, -0.25) is 10.1 Å². The maximum Gasteiger partial charge on any atom is 0.336 e. The van der Waals surface area contributed by atoms with Crippen molar-refractivity contribution in [2.45, 2.75) is 44.9 Å². The van der Waals surface area contributed by atoms with Gasteiger partial charge in [0.25, 0.3) is 0 Å². The van der Waals surface area contributed by atoms with Crippen LogP contribution in [-0.4, -0.2) is 28.2 Å². The molecule has 0 unspecified atom stereocenters. The highest BCUT2D eigenvalue weighted by Crippen LogP contribution is 2.27. The zero-order valence-electron chi connectivity index (χ0n) is 10.7. The third kappa shape index (κ3) is 3.72. The monoisotopic (exact) mass is 252 g/mol. The highest BCUT2D eigenvalue weighted by Gasteiger charge is 2.15. The molecule has 1 aromatic rings. The highest BCUT2D eigenvalue weighted by atomic mass is 16.5. The van der Waals surface area contributed by atoms with E-state index in [1.165, 1.54) is 39.2 Å². The summed E-state index contributed by atoms with van der Waals surface area (Å²) in [5.74, 6) is 1.05. The van der Waals surface area contributed by atoms with E-state index in [9.17, 15) is 4.79 Å². The first-order valence-corrected chi connectivity index (χ1v) is 6.54. The fourth-order valence-corrected chi connectivity index (χ4v) is 2.40. The molecule has 2 rings (SSSR count). The zero-order chi connectivity index (χ0) is 12.8. The van der Waals surface area contributed by atoms with E-state index in [0.717, 1.165) is 6.42 Å². The second-order valence-corrected chi connectivity index (χ2v) is 4.76. The van der Waals surface area contributed by atoms with E-state index in [1.54, 1.807) is 0 Å². The number of methoxy groups -OCH3 is 1. The molecule has 6 heteroatoms. The van der Waals surface area contributed by atoms with Gasteiger partial charge < -0.3 is 4.74 Å². The number of aromatic nitrogens is 3. The molecule has 0 aromatic carbocycles. The number of rotatable bonds is 5. The maximum atomic E-state index is 11.7. The topological polar surface area (TPSA) is 79.9 Å². The lowest BCUT2D eigenvalue weighted by Gasteiger charge is -2.20. The zero-order valence-corrected chi connectivity index (χ0v) is 10.7. The Labute approximate surface area is 107 Å². The highest BCUT2D eigenvalue weighted by molar-refractivity contribution is 5.88. The molecule has 1 aliphatic carbocycles. The van der Waals surface area contributed by atoms with Crippen LogP contribution in [0.1, 0.15) is 44.9 Å². The van der Waals surface area contributed by atoms with Crippen molar-refractivity contribution in [1.82, 2.24) is 15.2 Å². The third-order valence-corrected chi connectivity index (χ3v) is 3.41. The van der Waals surface area contributed by atoms with Gasteiger partial charge in [0.15, 0.2) is 0 Å². The van der Waals surface area contributed by atoms with Crippen molar-refractivity contribution < 1.29 is 9.53 Å². The minimum atomic E-state index is -0.0145. The second-order valence-electron chi connectivity index (χ2n) is 4.76. The van der Waals surface area contributed by atoms with Crippen LogP contribution >= 0.6 is 0 Å². The normalized spacial score (nSPS) is 16.5. The number of carbonyl (C=O) groups excluding carboxylic acids is 1. The largest absolute Gasteiger partial charge is 0.466 e. The van der Waals surface area contributed by atoms with Crippen molar-refractivity contribution in [3.05, 3.63) is 0 Å². The lowest BCUT2D eigenvalue weighted by molar-refractivity contribution is -0.116. The Kier molecular flexibility index (Phi) is 4.55. The van der Waals surface area contributed by atoms with Crippen LogP contribution in [0.4, 0.5) is 5.95 Å². The van der Waals surface area contributed by atoms with Crippen LogP contribution in [0.15, 0.2) is 0 Å². The molecule has 0 bridgehead atoms. The summed E-state index contributed by atoms with van der Waals surface area (Å²) in [6.45, 7) is 0. The number of carbonyl (C=O) groups is 1. The van der Waals surface area contributed by atoms with Crippen molar-refractivity contribution in [1.29, 1.82) is 0 Å². The van der Waals surface area contributed by atoms with Gasteiger partial charge in [-0.25, -0.2) is 5.10 Å². The molecule has 0 atom stereocenters. The lowest BCUT2D eigenvalue weighted by Crippen LogP contribution is -2.15. The van der Waals surface area contributed by atoms with Gasteiger partial charge in [0.05, 0.1) is 7.11 Å². The molecule has 1 amide bonds. The van der Waals surface area contributed by atoms with E-state index >= 15 is 0 Å². The van der Waals surface area contributed by atoms with Gasteiger partial charge >= 0.3 is 6.01 Å². The first kappa shape index (κ1) is 12.9. The molecule has 1 aliphatic rings. The molecule has 100 valence electrons. The Morgan fingerprint density at radius 2 is 2.22 bits per heavy atom. The van der Waals surface area contributed by atoms with Gasteiger partial charge in [0.1, 0.15) is 0 Å². The summed E-state index contributed by atoms with van der Waals surface area (Å²) in [5.41, 5.74) is 0. The molecule has 1 fully saturated rings. The summed E-state index contributed by atoms with van der Waals surface area (Å²) in [7, 11) is 1.48. The Bertz CT molecular complexity index is 385. The van der Waals surface area contributed by atoms with Crippen molar-refractivity contribution in [2.24, 2.45) is 5.92 Å². The van der Waals surface area contributed by atoms with Gasteiger partial charge in [0, 0.05) is 6.42 Å². The predicted octanol–water partition coefficient (Wildman–Crippen LogP) is 2.11. The maximum absolute atomic E-state index is 11.7.